The van der Waals surface area contributed by atoms with Crippen LogP contribution in [0.1, 0.15) is 10.4 Å². The lowest BCUT2D eigenvalue weighted by molar-refractivity contribution is 0.0697. The molecule has 4 nitrogen and oxygen atoms in total. The number of benzene rings is 1. The van der Waals surface area contributed by atoms with Crippen molar-refractivity contribution in [2.75, 3.05) is 12.0 Å². The number of nitrogens with one attached hydrogen (secondary N) is 1. The molecule has 0 aromatic heterocycles. The summed E-state index contributed by atoms with van der Waals surface area (Å²) in [5.74, 6) is -0.953. The van der Waals surface area contributed by atoms with Crippen LogP contribution in [-0.2, 0) is 0 Å². The summed E-state index contributed by atoms with van der Waals surface area (Å²) in [6, 6.07) is 6.14. The Morgan fingerprint density at radius 3 is 2.33 bits per heavy atom. The third-order valence-corrected chi connectivity index (χ3v) is 1.42. The molecule has 0 fully saturated rings. The Morgan fingerprint density at radius 1 is 1.33 bits per heavy atom. The van der Waals surface area contributed by atoms with Crippen molar-refractivity contribution >= 4 is 11.7 Å². The van der Waals surface area contributed by atoms with E-state index in [0.29, 0.717) is 5.69 Å². The van der Waals surface area contributed by atoms with Gasteiger partial charge in [-0.3, -0.25) is 0 Å². The molecule has 64 valence electrons. The van der Waals surface area contributed by atoms with Crippen LogP contribution in [0.15, 0.2) is 24.3 Å². The maximum absolute atomic E-state index is 10.4. The van der Waals surface area contributed by atoms with Crippen molar-refractivity contribution in [3.05, 3.63) is 29.8 Å². The van der Waals surface area contributed by atoms with E-state index in [9.17, 15) is 4.79 Å². The third kappa shape index (κ3) is 1.96. The van der Waals surface area contributed by atoms with Gasteiger partial charge in [-0.15, -0.1) is 0 Å². The zero-order valence-corrected chi connectivity index (χ0v) is 6.32. The summed E-state index contributed by atoms with van der Waals surface area (Å²) < 4.78 is 0. The number of anilines is 1. The van der Waals surface area contributed by atoms with E-state index < -0.39 is 5.97 Å². The number of carboxylic acids is 1. The van der Waals surface area contributed by atoms with Crippen molar-refractivity contribution in [1.29, 1.82) is 0 Å². The van der Waals surface area contributed by atoms with E-state index in [2.05, 4.69) is 5.32 Å². The molecule has 0 bridgehead atoms. The Bertz CT molecular complexity index is 268. The monoisotopic (exact) mass is 167 g/mol. The molecule has 0 aliphatic rings. The van der Waals surface area contributed by atoms with Crippen molar-refractivity contribution in [1.82, 2.24) is 0 Å². The summed E-state index contributed by atoms with van der Waals surface area (Å²) in [5.41, 5.74) is 0.931. The van der Waals surface area contributed by atoms with Crippen LogP contribution in [0.3, 0.4) is 0 Å². The second-order valence-corrected chi connectivity index (χ2v) is 2.22. The lowest BCUT2D eigenvalue weighted by Crippen LogP contribution is -2.00. The molecule has 0 aliphatic carbocycles. The molecule has 0 unspecified atom stereocenters. The van der Waals surface area contributed by atoms with Gasteiger partial charge in [-0.25, -0.2) is 4.79 Å². The zero-order valence-electron chi connectivity index (χ0n) is 6.32. The highest BCUT2D eigenvalue weighted by Gasteiger charge is 2.00. The zero-order chi connectivity index (χ0) is 8.97. The average molecular weight is 167 g/mol. The summed E-state index contributed by atoms with van der Waals surface area (Å²) in [5, 5.41) is 19.6. The first-order chi connectivity index (χ1) is 5.74. The number of hydrogen-bond acceptors (Lipinski definition) is 3. The molecule has 1 aromatic rings. The van der Waals surface area contributed by atoms with Gasteiger partial charge < -0.3 is 15.5 Å². The highest BCUT2D eigenvalue weighted by atomic mass is 16.4. The van der Waals surface area contributed by atoms with Gasteiger partial charge in [0.1, 0.15) is 6.73 Å². The molecule has 0 atom stereocenters. The largest absolute Gasteiger partial charge is 0.478 e. The summed E-state index contributed by atoms with van der Waals surface area (Å²) in [7, 11) is 0. The van der Waals surface area contributed by atoms with Gasteiger partial charge >= 0.3 is 5.97 Å². The first-order valence-electron chi connectivity index (χ1n) is 3.42. The van der Waals surface area contributed by atoms with E-state index in [1.807, 2.05) is 0 Å². The highest BCUT2D eigenvalue weighted by molar-refractivity contribution is 5.87. The molecule has 4 heteroatoms. The standard InChI is InChI=1S/C8H9NO3/c10-5-9-7-3-1-6(2-4-7)8(11)12/h1-4,9-10H,5H2,(H,11,12). The molecule has 1 rings (SSSR count). The van der Waals surface area contributed by atoms with E-state index in [1.54, 1.807) is 12.1 Å². The Kier molecular flexibility index (Phi) is 2.66. The van der Waals surface area contributed by atoms with E-state index in [1.165, 1.54) is 12.1 Å². The van der Waals surface area contributed by atoms with Crippen molar-refractivity contribution in [3.8, 4) is 0 Å². The predicted molar refractivity (Wildman–Crippen MR) is 44.1 cm³/mol. The van der Waals surface area contributed by atoms with Gasteiger partial charge in [-0.1, -0.05) is 0 Å². The molecule has 0 heterocycles. The normalized spacial score (nSPS) is 9.42. The molecular weight excluding hydrogens is 158 g/mol. The Hall–Kier alpha value is -1.55. The number of aliphatic hydroxyl groups excluding tert-OH is 1. The summed E-state index contributed by atoms with van der Waals surface area (Å²) in [4.78, 5) is 10.4. The number of carboxylic acid groups (broad SMARTS) is 1. The summed E-state index contributed by atoms with van der Waals surface area (Å²) in [6.45, 7) is -0.160. The topological polar surface area (TPSA) is 69.6 Å². The van der Waals surface area contributed by atoms with Gasteiger partial charge in [-0.05, 0) is 24.3 Å². The van der Waals surface area contributed by atoms with Crippen molar-refractivity contribution in [2.24, 2.45) is 0 Å². The number of rotatable bonds is 3. The molecule has 0 amide bonds. The lowest BCUT2D eigenvalue weighted by atomic mass is 10.2. The summed E-state index contributed by atoms with van der Waals surface area (Å²) in [6.07, 6.45) is 0. The Balaban J connectivity index is 2.78. The highest BCUT2D eigenvalue weighted by Crippen LogP contribution is 2.08. The average Bonchev–Trinajstić information content (AvgIpc) is 2.06. The minimum atomic E-state index is -0.953. The van der Waals surface area contributed by atoms with Gasteiger partial charge in [0.15, 0.2) is 0 Å². The van der Waals surface area contributed by atoms with Crippen LogP contribution < -0.4 is 5.32 Å². The van der Waals surface area contributed by atoms with Gasteiger partial charge in [-0.2, -0.15) is 0 Å². The molecule has 0 radical (unpaired) electrons. The Morgan fingerprint density at radius 2 is 1.92 bits per heavy atom. The summed E-state index contributed by atoms with van der Waals surface area (Å²) >= 11 is 0. The first-order valence-corrected chi connectivity index (χ1v) is 3.42. The number of hydrogen-bond donors (Lipinski definition) is 3. The van der Waals surface area contributed by atoms with Crippen LogP contribution in [0.2, 0.25) is 0 Å². The molecule has 12 heavy (non-hydrogen) atoms. The second-order valence-electron chi connectivity index (χ2n) is 2.22. The maximum atomic E-state index is 10.4. The molecule has 0 saturated carbocycles. The first kappa shape index (κ1) is 8.55. The van der Waals surface area contributed by atoms with Crippen LogP contribution >= 0.6 is 0 Å². The number of aromatic carboxylic acids is 1. The van der Waals surface area contributed by atoms with Crippen molar-refractivity contribution in [3.63, 3.8) is 0 Å². The fourth-order valence-corrected chi connectivity index (χ4v) is 0.822. The van der Waals surface area contributed by atoms with Crippen LogP contribution in [0, 0.1) is 0 Å². The van der Waals surface area contributed by atoms with Crippen molar-refractivity contribution < 1.29 is 15.0 Å². The number of aliphatic hydroxyl groups is 1. The van der Waals surface area contributed by atoms with Crippen LogP contribution in [0.5, 0.6) is 0 Å². The van der Waals surface area contributed by atoms with E-state index in [0.717, 1.165) is 0 Å². The molecular formula is C8H9NO3. The fourth-order valence-electron chi connectivity index (χ4n) is 0.822. The third-order valence-electron chi connectivity index (χ3n) is 1.42. The smallest absolute Gasteiger partial charge is 0.335 e. The quantitative estimate of drug-likeness (QED) is 0.581. The predicted octanol–water partition coefficient (Wildman–Crippen LogP) is 0.746. The number of carbonyl (C=O) groups is 1. The van der Waals surface area contributed by atoms with Crippen LogP contribution in [0.25, 0.3) is 0 Å². The lowest BCUT2D eigenvalue weighted by Gasteiger charge is -2.01. The van der Waals surface area contributed by atoms with E-state index in [4.69, 9.17) is 10.2 Å². The molecule has 1 aromatic carbocycles. The van der Waals surface area contributed by atoms with Gasteiger partial charge in [0.05, 0.1) is 5.56 Å². The van der Waals surface area contributed by atoms with Crippen molar-refractivity contribution in [2.45, 2.75) is 0 Å². The fraction of sp³-hybridized carbons (Fsp3) is 0.125. The second kappa shape index (κ2) is 3.73. The molecule has 0 spiro atoms. The minimum Gasteiger partial charge on any atom is -0.478 e. The SMILES string of the molecule is O=C(O)c1ccc(NCO)cc1. The minimum absolute atomic E-state index is 0.160. The Labute approximate surface area is 69.5 Å². The van der Waals surface area contributed by atoms with Gasteiger partial charge in [0.2, 0.25) is 0 Å². The van der Waals surface area contributed by atoms with Crippen LogP contribution in [0.4, 0.5) is 5.69 Å². The molecule has 0 aliphatic heterocycles. The molecule has 0 saturated heterocycles. The van der Waals surface area contributed by atoms with E-state index in [-0.39, 0.29) is 12.3 Å². The van der Waals surface area contributed by atoms with Gasteiger partial charge in [0, 0.05) is 5.69 Å². The van der Waals surface area contributed by atoms with E-state index >= 15 is 0 Å². The van der Waals surface area contributed by atoms with Crippen LogP contribution in [-0.4, -0.2) is 22.9 Å². The maximum Gasteiger partial charge on any atom is 0.335 e. The van der Waals surface area contributed by atoms with Gasteiger partial charge in [0.25, 0.3) is 0 Å². The molecule has 3 N–H and O–H groups in total.